The van der Waals surface area contributed by atoms with Crippen LogP contribution in [0, 0.1) is 11.6 Å². The summed E-state index contributed by atoms with van der Waals surface area (Å²) in [7, 11) is 1.39. The molecule has 0 spiro atoms. The number of amides is 1. The van der Waals surface area contributed by atoms with E-state index in [9.17, 15) is 18.4 Å². The molecule has 1 aromatic rings. The Hall–Kier alpha value is -2.02. The Labute approximate surface area is 127 Å². The van der Waals surface area contributed by atoms with Crippen molar-refractivity contribution in [3.05, 3.63) is 35.4 Å². The van der Waals surface area contributed by atoms with E-state index in [0.29, 0.717) is 12.0 Å². The van der Waals surface area contributed by atoms with E-state index in [1.807, 2.05) is 0 Å². The number of carbonyl (C=O) groups is 2. The van der Waals surface area contributed by atoms with Crippen molar-refractivity contribution in [3.63, 3.8) is 0 Å². The molecule has 0 aliphatic carbocycles. The smallest absolute Gasteiger partial charge is 0.305 e. The van der Waals surface area contributed by atoms with E-state index >= 15 is 0 Å². The number of ether oxygens (including phenoxy) is 1. The number of carboxylic acids is 1. The first-order valence-electron chi connectivity index (χ1n) is 6.86. The summed E-state index contributed by atoms with van der Waals surface area (Å²) < 4.78 is 31.2. The molecule has 0 aliphatic rings. The predicted octanol–water partition coefficient (Wildman–Crippen LogP) is 2.19. The van der Waals surface area contributed by atoms with Gasteiger partial charge in [-0.1, -0.05) is 13.0 Å². The number of carboxylic acid groups (broad SMARTS) is 1. The summed E-state index contributed by atoms with van der Waals surface area (Å²) >= 11 is 0. The van der Waals surface area contributed by atoms with Crippen LogP contribution < -0.4 is 0 Å². The van der Waals surface area contributed by atoms with Gasteiger partial charge in [0.1, 0.15) is 6.10 Å². The zero-order valence-corrected chi connectivity index (χ0v) is 12.5. The minimum absolute atomic E-state index is 0.0107. The van der Waals surface area contributed by atoms with E-state index in [-0.39, 0.29) is 25.4 Å². The summed E-state index contributed by atoms with van der Waals surface area (Å²) in [4.78, 5) is 24.3. The Morgan fingerprint density at radius 1 is 1.32 bits per heavy atom. The fourth-order valence-electron chi connectivity index (χ4n) is 2.00. The molecule has 1 rings (SSSR count). The quantitative estimate of drug-likeness (QED) is 0.798. The van der Waals surface area contributed by atoms with Gasteiger partial charge in [0.25, 0.3) is 5.91 Å². The highest BCUT2D eigenvalue weighted by Crippen LogP contribution is 2.13. The molecule has 1 atom stereocenters. The number of benzene rings is 1. The van der Waals surface area contributed by atoms with Crippen LogP contribution in [-0.2, 0) is 20.9 Å². The van der Waals surface area contributed by atoms with Gasteiger partial charge in [-0.25, -0.2) is 8.78 Å². The molecule has 1 N–H and O–H groups in total. The lowest BCUT2D eigenvalue weighted by Crippen LogP contribution is -2.40. The second-order valence-corrected chi connectivity index (χ2v) is 4.78. The third-order valence-electron chi connectivity index (χ3n) is 3.20. The Bertz CT molecular complexity index is 532. The van der Waals surface area contributed by atoms with Crippen LogP contribution in [0.2, 0.25) is 0 Å². The summed E-state index contributed by atoms with van der Waals surface area (Å²) in [6.45, 7) is 1.72. The van der Waals surface area contributed by atoms with Crippen molar-refractivity contribution in [2.75, 3.05) is 13.7 Å². The van der Waals surface area contributed by atoms with E-state index < -0.39 is 23.7 Å². The maximum atomic E-state index is 13.2. The van der Waals surface area contributed by atoms with Crippen molar-refractivity contribution in [1.82, 2.24) is 4.90 Å². The molecule has 0 aromatic heterocycles. The average Bonchev–Trinajstić information content (AvgIpc) is 2.48. The molecule has 0 aliphatic heterocycles. The molecule has 0 radical (unpaired) electrons. The highest BCUT2D eigenvalue weighted by molar-refractivity contribution is 5.81. The first-order chi connectivity index (χ1) is 10.4. The minimum atomic E-state index is -1.05. The fourth-order valence-corrected chi connectivity index (χ4v) is 2.00. The van der Waals surface area contributed by atoms with Crippen LogP contribution in [0.3, 0.4) is 0 Å². The Morgan fingerprint density at radius 2 is 2.00 bits per heavy atom. The maximum absolute atomic E-state index is 13.2. The van der Waals surface area contributed by atoms with Gasteiger partial charge < -0.3 is 14.7 Å². The fraction of sp³-hybridized carbons (Fsp3) is 0.467. The summed E-state index contributed by atoms with van der Waals surface area (Å²) in [6.07, 6.45) is -0.509. The van der Waals surface area contributed by atoms with Crippen molar-refractivity contribution >= 4 is 11.9 Å². The highest BCUT2D eigenvalue weighted by atomic mass is 19.2. The van der Waals surface area contributed by atoms with E-state index in [1.165, 1.54) is 18.1 Å². The first-order valence-corrected chi connectivity index (χ1v) is 6.86. The number of hydrogen-bond acceptors (Lipinski definition) is 3. The molecule has 0 heterocycles. The van der Waals surface area contributed by atoms with Gasteiger partial charge in [0, 0.05) is 20.2 Å². The molecule has 1 aromatic carbocycles. The average molecular weight is 315 g/mol. The molecule has 0 saturated carbocycles. The Kier molecular flexibility index (Phi) is 6.91. The van der Waals surface area contributed by atoms with Gasteiger partial charge in [-0.05, 0) is 24.1 Å². The lowest BCUT2D eigenvalue weighted by Gasteiger charge is -2.26. The molecule has 5 nitrogen and oxygen atoms in total. The van der Waals surface area contributed by atoms with E-state index in [1.54, 1.807) is 6.92 Å². The van der Waals surface area contributed by atoms with E-state index in [2.05, 4.69) is 0 Å². The Balaban J connectivity index is 2.91. The van der Waals surface area contributed by atoms with Crippen molar-refractivity contribution in [2.24, 2.45) is 0 Å². The van der Waals surface area contributed by atoms with Gasteiger partial charge in [0.05, 0.1) is 6.42 Å². The molecule has 122 valence electrons. The van der Waals surface area contributed by atoms with Crippen molar-refractivity contribution in [1.29, 1.82) is 0 Å². The standard InChI is InChI=1S/C15H19F2NO4/c1-3-13(22-2)15(21)18(7-6-14(19)20)9-10-4-5-11(16)12(17)8-10/h4-5,8,13H,3,6-7,9H2,1-2H3,(H,19,20). The van der Waals surface area contributed by atoms with Crippen molar-refractivity contribution < 1.29 is 28.2 Å². The first kappa shape index (κ1) is 18.0. The number of hydrogen-bond donors (Lipinski definition) is 1. The van der Waals surface area contributed by atoms with Crippen LogP contribution in [0.1, 0.15) is 25.3 Å². The molecule has 7 heteroatoms. The monoisotopic (exact) mass is 315 g/mol. The van der Waals surface area contributed by atoms with Crippen molar-refractivity contribution in [2.45, 2.75) is 32.4 Å². The molecule has 22 heavy (non-hydrogen) atoms. The molecule has 1 amide bonds. The van der Waals surface area contributed by atoms with E-state index in [4.69, 9.17) is 9.84 Å². The summed E-state index contributed by atoms with van der Waals surface area (Å²) in [5, 5.41) is 8.76. The third kappa shape index (κ3) is 5.07. The molecule has 0 fully saturated rings. The second kappa shape index (κ2) is 8.43. The highest BCUT2D eigenvalue weighted by Gasteiger charge is 2.23. The lowest BCUT2D eigenvalue weighted by molar-refractivity contribution is -0.144. The molecular weight excluding hydrogens is 296 g/mol. The largest absolute Gasteiger partial charge is 0.481 e. The SMILES string of the molecule is CCC(OC)C(=O)N(CCC(=O)O)Cc1ccc(F)c(F)c1. The second-order valence-electron chi connectivity index (χ2n) is 4.78. The van der Waals surface area contributed by atoms with Gasteiger partial charge in [-0.2, -0.15) is 0 Å². The lowest BCUT2D eigenvalue weighted by atomic mass is 10.1. The van der Waals surface area contributed by atoms with Gasteiger partial charge in [-0.3, -0.25) is 9.59 Å². The summed E-state index contributed by atoms with van der Waals surface area (Å²) in [5.41, 5.74) is 0.378. The Morgan fingerprint density at radius 3 is 2.50 bits per heavy atom. The number of halogens is 2. The molecule has 0 saturated heterocycles. The van der Waals surface area contributed by atoms with Gasteiger partial charge in [0.2, 0.25) is 0 Å². The van der Waals surface area contributed by atoms with Gasteiger partial charge in [0.15, 0.2) is 11.6 Å². The predicted molar refractivity (Wildman–Crippen MR) is 75.1 cm³/mol. The van der Waals surface area contributed by atoms with Crippen LogP contribution in [-0.4, -0.2) is 41.6 Å². The van der Waals surface area contributed by atoms with E-state index in [0.717, 1.165) is 12.1 Å². The summed E-state index contributed by atoms with van der Waals surface area (Å²) in [6, 6.07) is 3.31. The zero-order valence-electron chi connectivity index (χ0n) is 12.5. The number of methoxy groups -OCH3 is 1. The summed E-state index contributed by atoms with van der Waals surface area (Å²) in [5.74, 6) is -3.41. The third-order valence-corrected chi connectivity index (χ3v) is 3.20. The molecular formula is C15H19F2NO4. The topological polar surface area (TPSA) is 66.8 Å². The maximum Gasteiger partial charge on any atom is 0.305 e. The normalized spacial score (nSPS) is 12.0. The molecule has 1 unspecified atom stereocenters. The minimum Gasteiger partial charge on any atom is -0.481 e. The number of nitrogens with zero attached hydrogens (tertiary/aromatic N) is 1. The van der Waals surface area contributed by atoms with Crippen LogP contribution in [0.5, 0.6) is 0 Å². The van der Waals surface area contributed by atoms with Crippen LogP contribution in [0.4, 0.5) is 8.78 Å². The van der Waals surface area contributed by atoms with Gasteiger partial charge >= 0.3 is 5.97 Å². The number of aliphatic carboxylic acids is 1. The van der Waals surface area contributed by atoms with Crippen LogP contribution in [0.15, 0.2) is 18.2 Å². The zero-order chi connectivity index (χ0) is 16.7. The molecule has 0 bridgehead atoms. The number of carbonyl (C=O) groups excluding carboxylic acids is 1. The van der Waals surface area contributed by atoms with Gasteiger partial charge in [-0.15, -0.1) is 0 Å². The number of rotatable bonds is 8. The van der Waals surface area contributed by atoms with Crippen LogP contribution >= 0.6 is 0 Å². The van der Waals surface area contributed by atoms with Crippen LogP contribution in [0.25, 0.3) is 0 Å². The van der Waals surface area contributed by atoms with Crippen molar-refractivity contribution in [3.8, 4) is 0 Å².